The molecule has 0 radical (unpaired) electrons. The van der Waals surface area contributed by atoms with E-state index in [1.54, 1.807) is 13.2 Å². The number of fused-ring (bicyclic) bond motifs is 1. The molecule has 0 aliphatic heterocycles. The molecule has 0 aromatic carbocycles. The molecule has 1 aliphatic carbocycles. The number of ether oxygens (including phenoxy) is 1. The number of hydrogen-bond donors (Lipinski definition) is 1. The van der Waals surface area contributed by atoms with Gasteiger partial charge in [-0.05, 0) is 36.8 Å². The molecule has 2 aromatic heterocycles. The fourth-order valence-corrected chi connectivity index (χ4v) is 2.21. The average Bonchev–Trinajstić information content (AvgIpc) is 3.06. The lowest BCUT2D eigenvalue weighted by Gasteiger charge is -2.14. The predicted octanol–water partition coefficient (Wildman–Crippen LogP) is 2.10. The first kappa shape index (κ1) is 12.3. The van der Waals surface area contributed by atoms with Crippen molar-refractivity contribution >= 4 is 11.6 Å². The lowest BCUT2D eigenvalue weighted by Crippen LogP contribution is -2.17. The average molecular weight is 264 g/mol. The van der Waals surface area contributed by atoms with Crippen molar-refractivity contribution in [3.05, 3.63) is 24.1 Å². The molecule has 0 saturated heterocycles. The van der Waals surface area contributed by atoms with Gasteiger partial charge < -0.3 is 10.1 Å². The topological polar surface area (TPSA) is 51.5 Å². The lowest BCUT2D eigenvalue weighted by molar-refractivity contribution is 0.175. The van der Waals surface area contributed by atoms with Crippen molar-refractivity contribution in [2.45, 2.75) is 19.3 Å². The SMILES string of the molecule is COCCC1(CNc2nc3ccc(F)cn3n2)CC1. The van der Waals surface area contributed by atoms with Crippen LogP contribution in [0, 0.1) is 11.2 Å². The molecule has 0 bridgehead atoms. The van der Waals surface area contributed by atoms with Crippen LogP contribution in [-0.2, 0) is 4.74 Å². The van der Waals surface area contributed by atoms with E-state index in [9.17, 15) is 4.39 Å². The van der Waals surface area contributed by atoms with Crippen LogP contribution in [0.3, 0.4) is 0 Å². The standard InChI is InChI=1S/C13H17FN4O/c1-19-7-6-13(4-5-13)9-15-12-16-11-3-2-10(14)8-18(11)17-12/h2-3,8H,4-7,9H2,1H3,(H,15,17). The number of methoxy groups -OCH3 is 1. The second-order valence-electron chi connectivity index (χ2n) is 5.18. The Morgan fingerprint density at radius 2 is 2.32 bits per heavy atom. The normalized spacial score (nSPS) is 16.7. The number of aromatic nitrogens is 3. The molecule has 102 valence electrons. The van der Waals surface area contributed by atoms with Crippen LogP contribution in [0.1, 0.15) is 19.3 Å². The van der Waals surface area contributed by atoms with Gasteiger partial charge in [-0.15, -0.1) is 5.10 Å². The second kappa shape index (κ2) is 4.77. The predicted molar refractivity (Wildman–Crippen MR) is 69.6 cm³/mol. The number of rotatable bonds is 6. The van der Waals surface area contributed by atoms with Gasteiger partial charge in [0.2, 0.25) is 5.95 Å². The van der Waals surface area contributed by atoms with E-state index in [0.29, 0.717) is 17.0 Å². The molecular weight excluding hydrogens is 247 g/mol. The molecule has 1 N–H and O–H groups in total. The molecule has 19 heavy (non-hydrogen) atoms. The molecule has 1 aliphatic rings. The number of pyridine rings is 1. The minimum Gasteiger partial charge on any atom is -0.385 e. The van der Waals surface area contributed by atoms with Crippen LogP contribution in [-0.4, -0.2) is 34.9 Å². The van der Waals surface area contributed by atoms with Crippen LogP contribution in [0.25, 0.3) is 5.65 Å². The Balaban J connectivity index is 1.65. The molecule has 1 fully saturated rings. The molecule has 0 spiro atoms. The minimum absolute atomic E-state index is 0.317. The van der Waals surface area contributed by atoms with E-state index in [1.807, 2.05) is 0 Å². The van der Waals surface area contributed by atoms with Gasteiger partial charge in [0.1, 0.15) is 5.82 Å². The summed E-state index contributed by atoms with van der Waals surface area (Å²) in [4.78, 5) is 4.31. The van der Waals surface area contributed by atoms with Gasteiger partial charge in [0.15, 0.2) is 5.65 Å². The second-order valence-corrected chi connectivity index (χ2v) is 5.18. The van der Waals surface area contributed by atoms with E-state index in [-0.39, 0.29) is 5.82 Å². The summed E-state index contributed by atoms with van der Waals surface area (Å²) in [6.07, 6.45) is 4.81. The zero-order valence-electron chi connectivity index (χ0n) is 10.9. The number of nitrogens with zero attached hydrogens (tertiary/aromatic N) is 3. The highest BCUT2D eigenvalue weighted by atomic mass is 19.1. The van der Waals surface area contributed by atoms with E-state index >= 15 is 0 Å². The summed E-state index contributed by atoms with van der Waals surface area (Å²) < 4.78 is 19.6. The minimum atomic E-state index is -0.317. The molecule has 2 heterocycles. The molecule has 1 saturated carbocycles. The summed E-state index contributed by atoms with van der Waals surface area (Å²) in [5, 5.41) is 7.45. The van der Waals surface area contributed by atoms with Crippen molar-refractivity contribution in [1.82, 2.24) is 14.6 Å². The Morgan fingerprint density at radius 3 is 3.05 bits per heavy atom. The van der Waals surface area contributed by atoms with Gasteiger partial charge in [-0.25, -0.2) is 8.91 Å². The molecular formula is C13H17FN4O. The quantitative estimate of drug-likeness (QED) is 0.868. The highest BCUT2D eigenvalue weighted by molar-refractivity contribution is 5.43. The van der Waals surface area contributed by atoms with Gasteiger partial charge in [-0.2, -0.15) is 4.98 Å². The first-order chi connectivity index (χ1) is 9.21. The summed E-state index contributed by atoms with van der Waals surface area (Å²) >= 11 is 0. The third-order valence-corrected chi connectivity index (χ3v) is 3.71. The Labute approximate surface area is 110 Å². The zero-order valence-corrected chi connectivity index (χ0v) is 10.9. The highest BCUT2D eigenvalue weighted by Crippen LogP contribution is 2.48. The Hall–Kier alpha value is -1.69. The molecule has 3 rings (SSSR count). The fourth-order valence-electron chi connectivity index (χ4n) is 2.21. The van der Waals surface area contributed by atoms with E-state index < -0.39 is 0 Å². The monoisotopic (exact) mass is 264 g/mol. The fraction of sp³-hybridized carbons (Fsp3) is 0.538. The van der Waals surface area contributed by atoms with Crippen molar-refractivity contribution in [3.63, 3.8) is 0 Å². The summed E-state index contributed by atoms with van der Waals surface area (Å²) in [6, 6.07) is 3.00. The van der Waals surface area contributed by atoms with Gasteiger partial charge >= 0.3 is 0 Å². The Kier molecular flexibility index (Phi) is 3.10. The van der Waals surface area contributed by atoms with Crippen molar-refractivity contribution in [2.75, 3.05) is 25.6 Å². The van der Waals surface area contributed by atoms with E-state index in [4.69, 9.17) is 4.74 Å². The molecule has 0 amide bonds. The molecule has 0 atom stereocenters. The summed E-state index contributed by atoms with van der Waals surface area (Å²) in [6.45, 7) is 1.63. The number of hydrogen-bond acceptors (Lipinski definition) is 4. The molecule has 5 nitrogen and oxygen atoms in total. The largest absolute Gasteiger partial charge is 0.385 e. The first-order valence-corrected chi connectivity index (χ1v) is 6.46. The van der Waals surface area contributed by atoms with Gasteiger partial charge in [-0.1, -0.05) is 0 Å². The third kappa shape index (κ3) is 2.68. The Bertz CT molecular complexity index is 579. The third-order valence-electron chi connectivity index (χ3n) is 3.71. The zero-order chi connectivity index (χ0) is 13.3. The maximum absolute atomic E-state index is 13.0. The van der Waals surface area contributed by atoms with Crippen LogP contribution >= 0.6 is 0 Å². The summed E-state index contributed by atoms with van der Waals surface area (Å²) in [5.74, 6) is 0.233. The van der Waals surface area contributed by atoms with Gasteiger partial charge in [0, 0.05) is 20.3 Å². The van der Waals surface area contributed by atoms with Gasteiger partial charge in [-0.3, -0.25) is 0 Å². The van der Waals surface area contributed by atoms with Gasteiger partial charge in [0.25, 0.3) is 0 Å². The maximum Gasteiger partial charge on any atom is 0.243 e. The molecule has 0 unspecified atom stereocenters. The maximum atomic E-state index is 13.0. The molecule has 6 heteroatoms. The highest BCUT2D eigenvalue weighted by Gasteiger charge is 2.41. The van der Waals surface area contributed by atoms with Crippen LogP contribution < -0.4 is 5.32 Å². The summed E-state index contributed by atoms with van der Waals surface area (Å²) in [5.41, 5.74) is 0.976. The van der Waals surface area contributed by atoms with Crippen molar-refractivity contribution in [1.29, 1.82) is 0 Å². The Morgan fingerprint density at radius 1 is 1.47 bits per heavy atom. The molecule has 2 aromatic rings. The van der Waals surface area contributed by atoms with E-state index in [2.05, 4.69) is 15.4 Å². The van der Waals surface area contributed by atoms with Crippen molar-refractivity contribution < 1.29 is 9.13 Å². The van der Waals surface area contributed by atoms with Crippen LogP contribution in [0.2, 0.25) is 0 Å². The lowest BCUT2D eigenvalue weighted by atomic mass is 10.0. The van der Waals surface area contributed by atoms with E-state index in [1.165, 1.54) is 29.6 Å². The van der Waals surface area contributed by atoms with Crippen LogP contribution in [0.5, 0.6) is 0 Å². The van der Waals surface area contributed by atoms with Gasteiger partial charge in [0.05, 0.1) is 6.20 Å². The smallest absolute Gasteiger partial charge is 0.243 e. The van der Waals surface area contributed by atoms with Crippen LogP contribution in [0.4, 0.5) is 10.3 Å². The van der Waals surface area contributed by atoms with Crippen molar-refractivity contribution in [3.8, 4) is 0 Å². The van der Waals surface area contributed by atoms with Crippen molar-refractivity contribution in [2.24, 2.45) is 5.41 Å². The number of nitrogens with one attached hydrogen (secondary N) is 1. The van der Waals surface area contributed by atoms with E-state index in [0.717, 1.165) is 19.6 Å². The number of halogens is 1. The first-order valence-electron chi connectivity index (χ1n) is 6.46. The number of anilines is 1. The van der Waals surface area contributed by atoms with Crippen LogP contribution in [0.15, 0.2) is 18.3 Å². The summed E-state index contributed by atoms with van der Waals surface area (Å²) in [7, 11) is 1.72.